The van der Waals surface area contributed by atoms with Crippen LogP contribution in [0.2, 0.25) is 0 Å². The van der Waals surface area contributed by atoms with Gasteiger partial charge in [0.25, 0.3) is 0 Å². The van der Waals surface area contributed by atoms with E-state index in [9.17, 15) is 4.39 Å². The molecule has 3 aromatic rings. The van der Waals surface area contributed by atoms with Crippen LogP contribution >= 0.6 is 0 Å². The van der Waals surface area contributed by atoms with E-state index in [0.717, 1.165) is 24.2 Å². The van der Waals surface area contributed by atoms with Crippen LogP contribution in [-0.4, -0.2) is 28.9 Å². The fourth-order valence-corrected chi connectivity index (χ4v) is 3.19. The highest BCUT2D eigenvalue weighted by molar-refractivity contribution is 5.88. The Balaban J connectivity index is 1.58. The molecule has 1 unspecified atom stereocenters. The first-order chi connectivity index (χ1) is 12.1. The monoisotopic (exact) mass is 340 g/mol. The Hall–Kier alpha value is -2.40. The Morgan fingerprint density at radius 1 is 1.24 bits per heavy atom. The maximum Gasteiger partial charge on any atom is 0.238 e. The average molecular weight is 340 g/mol. The minimum Gasteiger partial charge on any atom is -0.476 e. The van der Waals surface area contributed by atoms with Crippen LogP contribution in [0.3, 0.4) is 0 Å². The van der Waals surface area contributed by atoms with E-state index < -0.39 is 0 Å². The van der Waals surface area contributed by atoms with Gasteiger partial charge >= 0.3 is 0 Å². The first-order valence-corrected chi connectivity index (χ1v) is 8.56. The SMILES string of the molecule is Cc1c(C)n(CC2CO2)c2c(OCCc3ccc(F)cc3)nccc12. The predicted octanol–water partition coefficient (Wildman–Crippen LogP) is 3.81. The largest absolute Gasteiger partial charge is 0.476 e. The van der Waals surface area contributed by atoms with Gasteiger partial charge in [-0.3, -0.25) is 0 Å². The molecule has 1 aliphatic rings. The molecular formula is C20H21FN2O2. The highest BCUT2D eigenvalue weighted by atomic mass is 19.1. The Morgan fingerprint density at radius 2 is 2.00 bits per heavy atom. The van der Waals surface area contributed by atoms with Crippen molar-refractivity contribution in [2.24, 2.45) is 0 Å². The van der Waals surface area contributed by atoms with Gasteiger partial charge in [0.1, 0.15) is 11.3 Å². The van der Waals surface area contributed by atoms with E-state index in [-0.39, 0.29) is 5.82 Å². The molecule has 1 fully saturated rings. The number of benzene rings is 1. The summed E-state index contributed by atoms with van der Waals surface area (Å²) in [4.78, 5) is 4.45. The molecule has 4 rings (SSSR count). The van der Waals surface area contributed by atoms with Crippen LogP contribution in [0.1, 0.15) is 16.8 Å². The number of nitrogens with zero attached hydrogens (tertiary/aromatic N) is 2. The third-order valence-corrected chi connectivity index (χ3v) is 4.84. The normalized spacial score (nSPS) is 16.4. The lowest BCUT2D eigenvalue weighted by Crippen LogP contribution is -2.09. The molecule has 0 amide bonds. The van der Waals surface area contributed by atoms with Gasteiger partial charge in [-0.15, -0.1) is 0 Å². The van der Waals surface area contributed by atoms with Crippen molar-refractivity contribution in [3.63, 3.8) is 0 Å². The summed E-state index contributed by atoms with van der Waals surface area (Å²) in [5, 5.41) is 1.17. The second-order valence-electron chi connectivity index (χ2n) is 6.51. The highest BCUT2D eigenvalue weighted by Gasteiger charge is 2.26. The second-order valence-corrected chi connectivity index (χ2v) is 6.51. The third kappa shape index (κ3) is 3.24. The van der Waals surface area contributed by atoms with Crippen LogP contribution in [-0.2, 0) is 17.7 Å². The van der Waals surface area contributed by atoms with Crippen molar-refractivity contribution >= 4 is 10.9 Å². The van der Waals surface area contributed by atoms with Gasteiger partial charge in [0.2, 0.25) is 5.88 Å². The molecule has 25 heavy (non-hydrogen) atoms. The molecule has 2 aromatic heterocycles. The van der Waals surface area contributed by atoms with E-state index >= 15 is 0 Å². The third-order valence-electron chi connectivity index (χ3n) is 4.84. The molecule has 5 heteroatoms. The van der Waals surface area contributed by atoms with E-state index in [1.165, 1.54) is 28.8 Å². The average Bonchev–Trinajstić information content (AvgIpc) is 3.40. The zero-order chi connectivity index (χ0) is 17.4. The van der Waals surface area contributed by atoms with Crippen molar-refractivity contribution in [1.82, 2.24) is 9.55 Å². The quantitative estimate of drug-likeness (QED) is 0.641. The number of aryl methyl sites for hydroxylation is 1. The molecule has 0 radical (unpaired) electrons. The zero-order valence-electron chi connectivity index (χ0n) is 14.5. The lowest BCUT2D eigenvalue weighted by atomic mass is 10.1. The Kier molecular flexibility index (Phi) is 4.17. The zero-order valence-corrected chi connectivity index (χ0v) is 14.5. The fourth-order valence-electron chi connectivity index (χ4n) is 3.19. The molecule has 1 aliphatic heterocycles. The number of fused-ring (bicyclic) bond motifs is 1. The lowest BCUT2D eigenvalue weighted by Gasteiger charge is -2.11. The maximum atomic E-state index is 13.0. The van der Waals surface area contributed by atoms with Crippen LogP contribution in [0.15, 0.2) is 36.5 Å². The molecule has 4 nitrogen and oxygen atoms in total. The van der Waals surface area contributed by atoms with Gasteiger partial charge in [-0.1, -0.05) is 12.1 Å². The van der Waals surface area contributed by atoms with Crippen molar-refractivity contribution in [2.45, 2.75) is 32.9 Å². The standard InChI is InChI=1S/C20H21FN2O2/c1-13-14(2)23(11-17-12-25-17)19-18(13)7-9-22-20(19)24-10-8-15-3-5-16(21)6-4-15/h3-7,9,17H,8,10-12H2,1-2H3. The number of ether oxygens (including phenoxy) is 2. The maximum absolute atomic E-state index is 13.0. The van der Waals surface area contributed by atoms with E-state index in [2.05, 4.69) is 23.4 Å². The summed E-state index contributed by atoms with van der Waals surface area (Å²) in [5.41, 5.74) is 4.55. The molecule has 0 spiro atoms. The van der Waals surface area contributed by atoms with Crippen LogP contribution in [0.5, 0.6) is 5.88 Å². The summed E-state index contributed by atoms with van der Waals surface area (Å²) in [5.74, 6) is 0.429. The molecule has 1 atom stereocenters. The van der Waals surface area contributed by atoms with Crippen molar-refractivity contribution in [1.29, 1.82) is 0 Å². The summed E-state index contributed by atoms with van der Waals surface area (Å²) in [6.07, 6.45) is 2.80. The lowest BCUT2D eigenvalue weighted by molar-refractivity contribution is 0.311. The second kappa shape index (κ2) is 6.48. The van der Waals surface area contributed by atoms with E-state index in [1.54, 1.807) is 18.3 Å². The van der Waals surface area contributed by atoms with Gasteiger partial charge in [0.15, 0.2) is 0 Å². The smallest absolute Gasteiger partial charge is 0.238 e. The van der Waals surface area contributed by atoms with E-state index in [0.29, 0.717) is 25.0 Å². The number of aromatic nitrogens is 2. The first kappa shape index (κ1) is 16.1. The molecule has 3 heterocycles. The van der Waals surface area contributed by atoms with Gasteiger partial charge in [0.05, 0.1) is 25.9 Å². The van der Waals surface area contributed by atoms with Crippen LogP contribution in [0, 0.1) is 19.7 Å². The number of rotatable bonds is 6. The van der Waals surface area contributed by atoms with Crippen LogP contribution < -0.4 is 4.74 Å². The van der Waals surface area contributed by atoms with Crippen LogP contribution in [0.25, 0.3) is 10.9 Å². The molecule has 0 N–H and O–H groups in total. The summed E-state index contributed by atoms with van der Waals surface area (Å²) in [6.45, 7) is 6.40. The first-order valence-electron chi connectivity index (χ1n) is 8.56. The Morgan fingerprint density at radius 3 is 2.72 bits per heavy atom. The number of halogens is 1. The van der Waals surface area contributed by atoms with E-state index in [4.69, 9.17) is 9.47 Å². The van der Waals surface area contributed by atoms with Crippen LogP contribution in [0.4, 0.5) is 4.39 Å². The van der Waals surface area contributed by atoms with Crippen molar-refractivity contribution < 1.29 is 13.9 Å². The molecule has 0 bridgehead atoms. The number of hydrogen-bond acceptors (Lipinski definition) is 3. The number of hydrogen-bond donors (Lipinski definition) is 0. The molecule has 1 saturated heterocycles. The van der Waals surface area contributed by atoms with Gasteiger partial charge < -0.3 is 14.0 Å². The Bertz CT molecular complexity index is 898. The molecule has 1 aromatic carbocycles. The summed E-state index contributed by atoms with van der Waals surface area (Å²) in [6, 6.07) is 8.56. The fraction of sp³-hybridized carbons (Fsp3) is 0.350. The number of epoxide rings is 1. The van der Waals surface area contributed by atoms with Crippen molar-refractivity contribution in [3.8, 4) is 5.88 Å². The topological polar surface area (TPSA) is 39.6 Å². The summed E-state index contributed by atoms with van der Waals surface area (Å²) >= 11 is 0. The van der Waals surface area contributed by atoms with Gasteiger partial charge in [-0.2, -0.15) is 0 Å². The summed E-state index contributed by atoms with van der Waals surface area (Å²) in [7, 11) is 0. The van der Waals surface area contributed by atoms with E-state index in [1.807, 2.05) is 6.07 Å². The van der Waals surface area contributed by atoms with Crippen molar-refractivity contribution in [3.05, 3.63) is 59.2 Å². The molecule has 130 valence electrons. The van der Waals surface area contributed by atoms with Gasteiger partial charge in [-0.05, 0) is 43.2 Å². The predicted molar refractivity (Wildman–Crippen MR) is 94.5 cm³/mol. The Labute approximate surface area is 146 Å². The highest BCUT2D eigenvalue weighted by Crippen LogP contribution is 2.32. The minimum absolute atomic E-state index is 0.220. The minimum atomic E-state index is -0.220. The van der Waals surface area contributed by atoms with Gasteiger partial charge in [0, 0.05) is 23.7 Å². The molecule has 0 saturated carbocycles. The van der Waals surface area contributed by atoms with Crippen molar-refractivity contribution in [2.75, 3.05) is 13.2 Å². The number of pyridine rings is 1. The molecular weight excluding hydrogens is 319 g/mol. The van der Waals surface area contributed by atoms with Gasteiger partial charge in [-0.25, -0.2) is 9.37 Å². The summed E-state index contributed by atoms with van der Waals surface area (Å²) < 4.78 is 26.6. The molecule has 0 aliphatic carbocycles.